The maximum absolute atomic E-state index is 12.1. The van der Waals surface area contributed by atoms with Crippen LogP contribution in [0.25, 0.3) is 0 Å². The lowest BCUT2D eigenvalue weighted by Crippen LogP contribution is -2.21. The third-order valence-corrected chi connectivity index (χ3v) is 4.27. The maximum Gasteiger partial charge on any atom is 0.243 e. The third-order valence-electron chi connectivity index (χ3n) is 4.27. The Bertz CT molecular complexity index is 786. The van der Waals surface area contributed by atoms with E-state index in [9.17, 15) is 9.59 Å². The lowest BCUT2D eigenvalue weighted by molar-refractivity contribution is -0.117. The summed E-state index contributed by atoms with van der Waals surface area (Å²) in [5.41, 5.74) is 2.26. The predicted molar refractivity (Wildman–Crippen MR) is 118 cm³/mol. The first kappa shape index (κ1) is 22.3. The highest BCUT2D eigenvalue weighted by molar-refractivity contribution is 5.94. The molecule has 6 heteroatoms. The van der Waals surface area contributed by atoms with Crippen LogP contribution in [0.15, 0.2) is 48.5 Å². The summed E-state index contributed by atoms with van der Waals surface area (Å²) in [5.74, 6) is 0.963. The molecule has 3 N–H and O–H groups in total. The highest BCUT2D eigenvalue weighted by Gasteiger charge is 2.06. The van der Waals surface area contributed by atoms with Gasteiger partial charge < -0.3 is 20.7 Å². The van der Waals surface area contributed by atoms with Crippen molar-refractivity contribution in [2.75, 3.05) is 22.5 Å². The van der Waals surface area contributed by atoms with E-state index in [4.69, 9.17) is 4.74 Å². The summed E-state index contributed by atoms with van der Waals surface area (Å²) in [6, 6.07) is 14.6. The SMILES string of the molecule is CCC(C)Oc1ccc(NC(=O)CNc2ccc(NC(=O)CC(C)C)cc2)cc1. The topological polar surface area (TPSA) is 79.5 Å². The van der Waals surface area contributed by atoms with E-state index < -0.39 is 0 Å². The van der Waals surface area contributed by atoms with Crippen molar-refractivity contribution < 1.29 is 14.3 Å². The molecule has 2 aromatic rings. The summed E-state index contributed by atoms with van der Waals surface area (Å²) in [6.45, 7) is 8.25. The molecule has 0 aliphatic rings. The molecule has 0 aliphatic heterocycles. The third kappa shape index (κ3) is 8.25. The van der Waals surface area contributed by atoms with Crippen molar-refractivity contribution in [1.29, 1.82) is 0 Å². The van der Waals surface area contributed by atoms with Gasteiger partial charge in [-0.25, -0.2) is 0 Å². The van der Waals surface area contributed by atoms with Crippen molar-refractivity contribution in [2.24, 2.45) is 5.92 Å². The average molecular weight is 398 g/mol. The van der Waals surface area contributed by atoms with Gasteiger partial charge in [0.2, 0.25) is 11.8 Å². The van der Waals surface area contributed by atoms with Crippen LogP contribution in [0, 0.1) is 5.92 Å². The Labute approximate surface area is 173 Å². The standard InChI is InChI=1S/C23H31N3O3/c1-5-17(4)29-21-12-10-20(11-13-21)26-23(28)15-24-18-6-8-19(9-7-18)25-22(27)14-16(2)3/h6-13,16-17,24H,5,14-15H2,1-4H3,(H,25,27)(H,26,28). The van der Waals surface area contributed by atoms with Crippen molar-refractivity contribution >= 4 is 28.9 Å². The van der Waals surface area contributed by atoms with Gasteiger partial charge in [0.15, 0.2) is 0 Å². The normalized spacial score (nSPS) is 11.6. The van der Waals surface area contributed by atoms with Gasteiger partial charge in [-0.2, -0.15) is 0 Å². The first-order chi connectivity index (χ1) is 13.9. The summed E-state index contributed by atoms with van der Waals surface area (Å²) in [7, 11) is 0. The largest absolute Gasteiger partial charge is 0.491 e. The molecule has 2 amide bonds. The highest BCUT2D eigenvalue weighted by atomic mass is 16.5. The number of amides is 2. The molecular formula is C23H31N3O3. The Morgan fingerprint density at radius 1 is 0.828 bits per heavy atom. The van der Waals surface area contributed by atoms with E-state index >= 15 is 0 Å². The summed E-state index contributed by atoms with van der Waals surface area (Å²) in [4.78, 5) is 23.9. The van der Waals surface area contributed by atoms with E-state index in [0.717, 1.165) is 29.2 Å². The van der Waals surface area contributed by atoms with Gasteiger partial charge in [0, 0.05) is 23.5 Å². The van der Waals surface area contributed by atoms with Gasteiger partial charge in [-0.1, -0.05) is 20.8 Å². The molecule has 2 rings (SSSR count). The van der Waals surface area contributed by atoms with Crippen molar-refractivity contribution in [2.45, 2.75) is 46.6 Å². The zero-order chi connectivity index (χ0) is 21.2. The minimum atomic E-state index is -0.144. The number of hydrogen-bond donors (Lipinski definition) is 3. The van der Waals surface area contributed by atoms with Gasteiger partial charge in [-0.05, 0) is 67.8 Å². The Kier molecular flexibility index (Phi) is 8.52. The molecule has 0 saturated carbocycles. The molecule has 6 nitrogen and oxygen atoms in total. The van der Waals surface area contributed by atoms with Gasteiger partial charge in [0.05, 0.1) is 12.6 Å². The average Bonchev–Trinajstić information content (AvgIpc) is 2.68. The van der Waals surface area contributed by atoms with Gasteiger partial charge in [0.25, 0.3) is 0 Å². The summed E-state index contributed by atoms with van der Waals surface area (Å²) in [5, 5.41) is 8.78. The predicted octanol–water partition coefficient (Wildman–Crippen LogP) is 4.90. The number of carbonyl (C=O) groups is 2. The van der Waals surface area contributed by atoms with Gasteiger partial charge in [-0.3, -0.25) is 9.59 Å². The number of rotatable bonds is 10. The smallest absolute Gasteiger partial charge is 0.243 e. The fraction of sp³-hybridized carbons (Fsp3) is 0.391. The minimum absolute atomic E-state index is 0.000608. The summed E-state index contributed by atoms with van der Waals surface area (Å²) < 4.78 is 5.73. The number of hydrogen-bond acceptors (Lipinski definition) is 4. The molecule has 0 heterocycles. The first-order valence-electron chi connectivity index (χ1n) is 10.1. The van der Waals surface area contributed by atoms with E-state index in [1.54, 1.807) is 0 Å². The fourth-order valence-corrected chi connectivity index (χ4v) is 2.57. The van der Waals surface area contributed by atoms with Crippen LogP contribution >= 0.6 is 0 Å². The van der Waals surface area contributed by atoms with E-state index in [1.165, 1.54) is 0 Å². The molecule has 29 heavy (non-hydrogen) atoms. The highest BCUT2D eigenvalue weighted by Crippen LogP contribution is 2.18. The molecular weight excluding hydrogens is 366 g/mol. The van der Waals surface area contributed by atoms with Gasteiger partial charge >= 0.3 is 0 Å². The molecule has 0 aliphatic carbocycles. The van der Waals surface area contributed by atoms with E-state index in [2.05, 4.69) is 22.9 Å². The first-order valence-corrected chi connectivity index (χ1v) is 10.1. The monoisotopic (exact) mass is 397 g/mol. The second-order valence-electron chi connectivity index (χ2n) is 7.49. The quantitative estimate of drug-likeness (QED) is 0.533. The Balaban J connectivity index is 1.78. The van der Waals surface area contributed by atoms with E-state index in [1.807, 2.05) is 69.3 Å². The van der Waals surface area contributed by atoms with Crippen molar-refractivity contribution in [3.05, 3.63) is 48.5 Å². The molecule has 0 bridgehead atoms. The van der Waals surface area contributed by atoms with E-state index in [0.29, 0.717) is 12.3 Å². The molecule has 1 atom stereocenters. The number of nitrogens with one attached hydrogen (secondary N) is 3. The van der Waals surface area contributed by atoms with Gasteiger partial charge in [-0.15, -0.1) is 0 Å². The van der Waals surface area contributed by atoms with Crippen LogP contribution in [0.3, 0.4) is 0 Å². The van der Waals surface area contributed by atoms with Crippen LogP contribution in [-0.2, 0) is 9.59 Å². The number of ether oxygens (including phenoxy) is 1. The molecule has 0 spiro atoms. The van der Waals surface area contributed by atoms with Gasteiger partial charge in [0.1, 0.15) is 5.75 Å². The molecule has 0 radical (unpaired) electrons. The molecule has 0 saturated heterocycles. The van der Waals surface area contributed by atoms with Crippen molar-refractivity contribution in [1.82, 2.24) is 0 Å². The maximum atomic E-state index is 12.1. The van der Waals surface area contributed by atoms with Crippen LogP contribution < -0.4 is 20.7 Å². The lowest BCUT2D eigenvalue weighted by atomic mass is 10.1. The van der Waals surface area contributed by atoms with Crippen LogP contribution in [0.2, 0.25) is 0 Å². The Morgan fingerprint density at radius 3 is 1.90 bits per heavy atom. The molecule has 1 unspecified atom stereocenters. The minimum Gasteiger partial charge on any atom is -0.491 e. The zero-order valence-electron chi connectivity index (χ0n) is 17.6. The number of carbonyl (C=O) groups excluding carboxylic acids is 2. The number of anilines is 3. The van der Waals surface area contributed by atoms with Crippen LogP contribution in [-0.4, -0.2) is 24.5 Å². The zero-order valence-corrected chi connectivity index (χ0v) is 17.6. The molecule has 156 valence electrons. The Morgan fingerprint density at radius 2 is 1.34 bits per heavy atom. The number of benzene rings is 2. The van der Waals surface area contributed by atoms with Crippen molar-refractivity contribution in [3.63, 3.8) is 0 Å². The Hall–Kier alpha value is -3.02. The van der Waals surface area contributed by atoms with Crippen LogP contribution in [0.4, 0.5) is 17.1 Å². The second kappa shape index (κ2) is 11.1. The lowest BCUT2D eigenvalue weighted by Gasteiger charge is -2.13. The van der Waals surface area contributed by atoms with Crippen LogP contribution in [0.5, 0.6) is 5.75 Å². The van der Waals surface area contributed by atoms with Crippen LogP contribution in [0.1, 0.15) is 40.5 Å². The second-order valence-corrected chi connectivity index (χ2v) is 7.49. The molecule has 0 fully saturated rings. The summed E-state index contributed by atoms with van der Waals surface area (Å²) >= 11 is 0. The molecule has 2 aromatic carbocycles. The van der Waals surface area contributed by atoms with E-state index in [-0.39, 0.29) is 24.5 Å². The fourth-order valence-electron chi connectivity index (χ4n) is 2.57. The van der Waals surface area contributed by atoms with Crippen molar-refractivity contribution in [3.8, 4) is 5.75 Å². The summed E-state index contributed by atoms with van der Waals surface area (Å²) in [6.07, 6.45) is 1.59. The molecule has 0 aromatic heterocycles.